The van der Waals surface area contributed by atoms with E-state index in [1.165, 1.54) is 0 Å². The first-order valence-electron chi connectivity index (χ1n) is 14.2. The van der Waals surface area contributed by atoms with Crippen molar-refractivity contribution in [3.05, 3.63) is 25.3 Å². The van der Waals surface area contributed by atoms with Gasteiger partial charge in [0, 0.05) is 31.0 Å². The number of ether oxygens (including phenoxy) is 1. The number of aliphatic hydroxyl groups is 1. The third kappa shape index (κ3) is 6.11. The Hall–Kier alpha value is -1.80. The number of allylic oxidation sites excluding steroid dienone is 1. The summed E-state index contributed by atoms with van der Waals surface area (Å²) in [6.45, 7) is 13.2. The quantitative estimate of drug-likeness (QED) is 0.170. The third-order valence-corrected chi connectivity index (χ3v) is 10.2. The fourth-order valence-corrected chi connectivity index (χ4v) is 8.74. The SMILES string of the molecule is C=CCCCOC(=O)[C@@H]1[C@@H]2CCC3(S2)C(C(=O)N(CC=C)C(C)CCC)N(CCCCCCO)C(=O)[C@H]13. The lowest BCUT2D eigenvalue weighted by molar-refractivity contribution is -0.154. The number of likely N-dealkylation sites (tertiary alicyclic amines) is 1. The van der Waals surface area contributed by atoms with Gasteiger partial charge in [0.25, 0.3) is 0 Å². The van der Waals surface area contributed by atoms with Gasteiger partial charge in [0.05, 0.1) is 23.2 Å². The fourth-order valence-electron chi connectivity index (χ4n) is 6.54. The van der Waals surface area contributed by atoms with E-state index in [1.807, 2.05) is 4.90 Å². The molecule has 3 aliphatic rings. The van der Waals surface area contributed by atoms with Crippen LogP contribution in [0.4, 0.5) is 0 Å². The number of hydrogen-bond donors (Lipinski definition) is 1. The lowest BCUT2D eigenvalue weighted by Gasteiger charge is -2.39. The van der Waals surface area contributed by atoms with Crippen molar-refractivity contribution >= 4 is 29.5 Å². The Bertz CT molecular complexity index is 835. The summed E-state index contributed by atoms with van der Waals surface area (Å²) in [6.07, 6.45) is 11.8. The molecule has 0 aliphatic carbocycles. The van der Waals surface area contributed by atoms with Gasteiger partial charge in [0.2, 0.25) is 11.8 Å². The zero-order valence-corrected chi connectivity index (χ0v) is 23.6. The molecule has 3 fully saturated rings. The Morgan fingerprint density at radius 2 is 2.00 bits per heavy atom. The average Bonchev–Trinajstić information content (AvgIpc) is 3.52. The second-order valence-corrected chi connectivity index (χ2v) is 12.3. The second kappa shape index (κ2) is 13.8. The van der Waals surface area contributed by atoms with Crippen LogP contribution in [-0.4, -0.2) is 81.1 Å². The molecule has 0 radical (unpaired) electrons. The lowest BCUT2D eigenvalue weighted by atomic mass is 9.71. The molecule has 3 rings (SSSR count). The summed E-state index contributed by atoms with van der Waals surface area (Å²) in [5.41, 5.74) is 0. The molecule has 0 saturated carbocycles. The summed E-state index contributed by atoms with van der Waals surface area (Å²) in [5.74, 6) is -1.38. The maximum absolute atomic E-state index is 14.3. The zero-order valence-electron chi connectivity index (χ0n) is 22.7. The van der Waals surface area contributed by atoms with E-state index in [9.17, 15) is 14.4 Å². The molecule has 0 aromatic rings. The van der Waals surface area contributed by atoms with Crippen molar-refractivity contribution in [2.45, 2.75) is 100 Å². The normalized spacial score (nSPS) is 28.7. The smallest absolute Gasteiger partial charge is 0.310 e. The maximum Gasteiger partial charge on any atom is 0.310 e. The van der Waals surface area contributed by atoms with Crippen molar-refractivity contribution in [1.82, 2.24) is 9.80 Å². The van der Waals surface area contributed by atoms with Gasteiger partial charge in [-0.3, -0.25) is 14.4 Å². The monoisotopic (exact) mass is 534 g/mol. The molecule has 0 aromatic heterocycles. The van der Waals surface area contributed by atoms with E-state index in [2.05, 4.69) is 27.0 Å². The van der Waals surface area contributed by atoms with E-state index in [0.29, 0.717) is 19.7 Å². The second-order valence-electron chi connectivity index (χ2n) is 10.7. The molecule has 0 aromatic carbocycles. The van der Waals surface area contributed by atoms with Gasteiger partial charge in [0.15, 0.2) is 0 Å². The van der Waals surface area contributed by atoms with Crippen LogP contribution in [0.1, 0.15) is 78.1 Å². The van der Waals surface area contributed by atoms with Crippen LogP contribution in [0.3, 0.4) is 0 Å². The largest absolute Gasteiger partial charge is 0.465 e. The van der Waals surface area contributed by atoms with Gasteiger partial charge in [-0.15, -0.1) is 24.9 Å². The first kappa shape index (κ1) is 29.8. The summed E-state index contributed by atoms with van der Waals surface area (Å²) in [4.78, 5) is 45.3. The van der Waals surface area contributed by atoms with Crippen molar-refractivity contribution in [3.8, 4) is 0 Å². The molecule has 1 spiro atoms. The number of thioether (sulfide) groups is 1. The highest BCUT2D eigenvalue weighted by molar-refractivity contribution is 8.02. The molecule has 6 atom stereocenters. The molecule has 3 aliphatic heterocycles. The molecule has 2 amide bonds. The van der Waals surface area contributed by atoms with Crippen LogP contribution in [0.15, 0.2) is 25.3 Å². The van der Waals surface area contributed by atoms with Crippen LogP contribution >= 0.6 is 11.8 Å². The Morgan fingerprint density at radius 1 is 1.24 bits per heavy atom. The van der Waals surface area contributed by atoms with Gasteiger partial charge < -0.3 is 19.6 Å². The van der Waals surface area contributed by atoms with Gasteiger partial charge in [-0.2, -0.15) is 0 Å². The summed E-state index contributed by atoms with van der Waals surface area (Å²) in [5, 5.41) is 9.14. The first-order chi connectivity index (χ1) is 17.9. The van der Waals surface area contributed by atoms with E-state index >= 15 is 0 Å². The van der Waals surface area contributed by atoms with Crippen molar-refractivity contribution in [1.29, 1.82) is 0 Å². The highest BCUT2D eigenvalue weighted by atomic mass is 32.2. The van der Waals surface area contributed by atoms with Gasteiger partial charge in [0.1, 0.15) is 6.04 Å². The summed E-state index contributed by atoms with van der Waals surface area (Å²) < 4.78 is 5.06. The van der Waals surface area contributed by atoms with Crippen LogP contribution in [-0.2, 0) is 19.1 Å². The molecule has 8 heteroatoms. The summed E-state index contributed by atoms with van der Waals surface area (Å²) in [6, 6.07) is -0.530. The molecule has 1 N–H and O–H groups in total. The number of rotatable bonds is 17. The molecule has 37 heavy (non-hydrogen) atoms. The number of carbonyl (C=O) groups is 3. The van der Waals surface area contributed by atoms with Crippen LogP contribution < -0.4 is 0 Å². The Balaban J connectivity index is 1.89. The predicted octanol–water partition coefficient (Wildman–Crippen LogP) is 4.34. The van der Waals surface area contributed by atoms with Crippen LogP contribution in [0.2, 0.25) is 0 Å². The Morgan fingerprint density at radius 3 is 2.68 bits per heavy atom. The lowest BCUT2D eigenvalue weighted by Crippen LogP contribution is -2.56. The molecule has 7 nitrogen and oxygen atoms in total. The standard InChI is InChI=1S/C29H46N2O5S/c1-5-8-13-20-36-28(35)23-22-15-16-29(37-22)24(23)26(33)31(18-11-9-10-12-19-32)25(29)27(34)30(17-7-3)21(4)14-6-2/h5,7,21-25,32H,1,3,6,8-20H2,2,4H3/t21?,22-,23+,24-,25?,29?/m0/s1. The summed E-state index contributed by atoms with van der Waals surface area (Å²) >= 11 is 1.70. The summed E-state index contributed by atoms with van der Waals surface area (Å²) in [7, 11) is 0. The van der Waals surface area contributed by atoms with Crippen LogP contribution in [0, 0.1) is 11.8 Å². The predicted molar refractivity (Wildman–Crippen MR) is 148 cm³/mol. The number of aliphatic hydroxyl groups excluding tert-OH is 1. The van der Waals surface area contributed by atoms with E-state index in [1.54, 1.807) is 28.8 Å². The first-order valence-corrected chi connectivity index (χ1v) is 15.0. The van der Waals surface area contributed by atoms with Crippen LogP contribution in [0.25, 0.3) is 0 Å². The van der Waals surface area contributed by atoms with E-state index in [-0.39, 0.29) is 35.7 Å². The van der Waals surface area contributed by atoms with E-state index in [0.717, 1.165) is 64.2 Å². The number of amides is 2. The van der Waals surface area contributed by atoms with E-state index < -0.39 is 22.6 Å². The number of nitrogens with zero attached hydrogens (tertiary/aromatic N) is 2. The molecular weight excluding hydrogens is 488 g/mol. The molecule has 3 saturated heterocycles. The van der Waals surface area contributed by atoms with Gasteiger partial charge in [-0.05, 0) is 51.9 Å². The number of hydrogen-bond acceptors (Lipinski definition) is 6. The Kier molecular flexibility index (Phi) is 11.1. The Labute approximate surface area is 227 Å². The van der Waals surface area contributed by atoms with Crippen molar-refractivity contribution in [3.63, 3.8) is 0 Å². The fraction of sp³-hybridized carbons (Fsp3) is 0.759. The van der Waals surface area contributed by atoms with Gasteiger partial charge in [-0.25, -0.2) is 0 Å². The molecule has 208 valence electrons. The molecule has 3 heterocycles. The van der Waals surface area contributed by atoms with Crippen LogP contribution in [0.5, 0.6) is 0 Å². The van der Waals surface area contributed by atoms with Crippen molar-refractivity contribution in [2.75, 3.05) is 26.3 Å². The molecular formula is C29H46N2O5S. The third-order valence-electron chi connectivity index (χ3n) is 8.26. The number of fused-ring (bicyclic) bond motifs is 1. The van der Waals surface area contributed by atoms with E-state index in [4.69, 9.17) is 9.84 Å². The maximum atomic E-state index is 14.3. The minimum absolute atomic E-state index is 0.0137. The molecule has 2 bridgehead atoms. The number of unbranched alkanes of at least 4 members (excludes halogenated alkanes) is 4. The average molecular weight is 535 g/mol. The van der Waals surface area contributed by atoms with Crippen molar-refractivity contribution in [2.24, 2.45) is 11.8 Å². The van der Waals surface area contributed by atoms with Crippen molar-refractivity contribution < 1.29 is 24.2 Å². The highest BCUT2D eigenvalue weighted by Crippen LogP contribution is 2.66. The minimum atomic E-state index is -0.583. The van der Waals surface area contributed by atoms with Gasteiger partial charge >= 0.3 is 5.97 Å². The topological polar surface area (TPSA) is 87.2 Å². The highest BCUT2D eigenvalue weighted by Gasteiger charge is 2.74. The number of esters is 1. The minimum Gasteiger partial charge on any atom is -0.465 e. The van der Waals surface area contributed by atoms with Gasteiger partial charge in [-0.1, -0.05) is 38.3 Å². The number of carbonyl (C=O) groups excluding carboxylic acids is 3. The zero-order chi connectivity index (χ0) is 27.0. The molecule has 3 unspecified atom stereocenters.